The van der Waals surface area contributed by atoms with Gasteiger partial charge in [-0.3, -0.25) is 0 Å². The molecule has 0 aliphatic heterocycles. The number of rotatable bonds is 2. The molecule has 0 bridgehead atoms. The zero-order valence-electron chi connectivity index (χ0n) is 11.6. The Labute approximate surface area is 123 Å². The highest BCUT2D eigenvalue weighted by molar-refractivity contribution is 5.89. The summed E-state index contributed by atoms with van der Waals surface area (Å²) in [4.78, 5) is 3.31. The minimum atomic E-state index is -0.132. The number of fused-ring (bicyclic) bond motifs is 2. The van der Waals surface area contributed by atoms with Crippen molar-refractivity contribution < 1.29 is 0 Å². The minimum absolute atomic E-state index is 0.132. The van der Waals surface area contributed by atoms with Crippen LogP contribution in [0, 0.1) is 0 Å². The summed E-state index contributed by atoms with van der Waals surface area (Å²) in [6.45, 7) is 0. The molecule has 0 radical (unpaired) electrons. The van der Waals surface area contributed by atoms with E-state index in [1.165, 1.54) is 16.2 Å². The van der Waals surface area contributed by atoms with Gasteiger partial charge in [-0.25, -0.2) is 0 Å². The third-order valence-corrected chi connectivity index (χ3v) is 4.11. The van der Waals surface area contributed by atoms with Crippen LogP contribution in [0.5, 0.6) is 0 Å². The molecule has 102 valence electrons. The fraction of sp³-hybridized carbons (Fsp3) is 0.0526. The Morgan fingerprint density at radius 3 is 2.33 bits per heavy atom. The highest BCUT2D eigenvalue weighted by Crippen LogP contribution is 2.31. The SMILES string of the molecule is NC(c1cccc2ccccc12)c1c[nH]c2ccccc12. The predicted molar refractivity (Wildman–Crippen MR) is 88.3 cm³/mol. The first-order chi connectivity index (χ1) is 10.3. The van der Waals surface area contributed by atoms with E-state index in [1.807, 2.05) is 12.3 Å². The van der Waals surface area contributed by atoms with Crippen LogP contribution in [0.1, 0.15) is 17.2 Å². The van der Waals surface area contributed by atoms with Crippen LogP contribution >= 0.6 is 0 Å². The number of H-pyrrole nitrogens is 1. The van der Waals surface area contributed by atoms with E-state index in [0.29, 0.717) is 0 Å². The smallest absolute Gasteiger partial charge is 0.0578 e. The summed E-state index contributed by atoms with van der Waals surface area (Å²) in [5, 5.41) is 3.64. The molecule has 1 atom stereocenters. The van der Waals surface area contributed by atoms with Gasteiger partial charge in [0.25, 0.3) is 0 Å². The monoisotopic (exact) mass is 272 g/mol. The number of benzene rings is 3. The first kappa shape index (κ1) is 12.2. The summed E-state index contributed by atoms with van der Waals surface area (Å²) in [6.07, 6.45) is 2.02. The standard InChI is InChI=1S/C19H16N2/c20-19(17-12-21-18-11-4-3-9-15(17)18)16-10-5-7-13-6-1-2-8-14(13)16/h1-12,19,21H,20H2. The molecule has 3 N–H and O–H groups in total. The first-order valence-corrected chi connectivity index (χ1v) is 7.14. The van der Waals surface area contributed by atoms with Crippen molar-refractivity contribution in [3.05, 3.63) is 84.1 Å². The van der Waals surface area contributed by atoms with Crippen LogP contribution in [-0.4, -0.2) is 4.98 Å². The van der Waals surface area contributed by atoms with Gasteiger partial charge >= 0.3 is 0 Å². The molecule has 2 heteroatoms. The lowest BCUT2D eigenvalue weighted by Crippen LogP contribution is -2.11. The molecule has 4 rings (SSSR count). The van der Waals surface area contributed by atoms with Gasteiger partial charge in [-0.05, 0) is 28.0 Å². The third kappa shape index (κ3) is 1.92. The molecule has 1 unspecified atom stereocenters. The Balaban J connectivity index is 1.92. The van der Waals surface area contributed by atoms with Crippen molar-refractivity contribution in [2.75, 3.05) is 0 Å². The third-order valence-electron chi connectivity index (χ3n) is 4.11. The van der Waals surface area contributed by atoms with Crippen molar-refractivity contribution in [2.24, 2.45) is 5.73 Å². The number of aromatic amines is 1. The summed E-state index contributed by atoms with van der Waals surface area (Å²) in [6, 6.07) is 22.9. The largest absolute Gasteiger partial charge is 0.361 e. The van der Waals surface area contributed by atoms with Crippen LogP contribution in [-0.2, 0) is 0 Å². The van der Waals surface area contributed by atoms with Gasteiger partial charge in [-0.1, -0.05) is 60.7 Å². The van der Waals surface area contributed by atoms with E-state index < -0.39 is 0 Å². The van der Waals surface area contributed by atoms with E-state index in [4.69, 9.17) is 5.73 Å². The molecule has 0 fully saturated rings. The number of para-hydroxylation sites is 1. The zero-order valence-corrected chi connectivity index (χ0v) is 11.6. The lowest BCUT2D eigenvalue weighted by atomic mass is 9.94. The van der Waals surface area contributed by atoms with Crippen LogP contribution < -0.4 is 5.73 Å². The van der Waals surface area contributed by atoms with Gasteiger partial charge in [0.05, 0.1) is 6.04 Å². The summed E-state index contributed by atoms with van der Waals surface area (Å²) in [7, 11) is 0. The Hall–Kier alpha value is -2.58. The van der Waals surface area contributed by atoms with Crippen molar-refractivity contribution in [1.29, 1.82) is 0 Å². The van der Waals surface area contributed by atoms with E-state index in [1.54, 1.807) is 0 Å². The Morgan fingerprint density at radius 1 is 0.714 bits per heavy atom. The van der Waals surface area contributed by atoms with Crippen molar-refractivity contribution in [3.63, 3.8) is 0 Å². The maximum absolute atomic E-state index is 6.57. The summed E-state index contributed by atoms with van der Waals surface area (Å²) >= 11 is 0. The van der Waals surface area contributed by atoms with Gasteiger partial charge < -0.3 is 10.7 Å². The van der Waals surface area contributed by atoms with Crippen molar-refractivity contribution >= 4 is 21.7 Å². The van der Waals surface area contributed by atoms with Gasteiger partial charge in [0.2, 0.25) is 0 Å². The molecule has 21 heavy (non-hydrogen) atoms. The normalized spacial score (nSPS) is 12.8. The fourth-order valence-corrected chi connectivity index (χ4v) is 3.04. The van der Waals surface area contributed by atoms with Gasteiger partial charge in [0.1, 0.15) is 0 Å². The van der Waals surface area contributed by atoms with E-state index in [9.17, 15) is 0 Å². The van der Waals surface area contributed by atoms with Gasteiger partial charge in [-0.2, -0.15) is 0 Å². The second kappa shape index (κ2) is 4.76. The van der Waals surface area contributed by atoms with E-state index >= 15 is 0 Å². The summed E-state index contributed by atoms with van der Waals surface area (Å²) < 4.78 is 0. The molecule has 0 aliphatic rings. The van der Waals surface area contributed by atoms with Crippen molar-refractivity contribution in [2.45, 2.75) is 6.04 Å². The average molecular weight is 272 g/mol. The van der Waals surface area contributed by atoms with Crippen molar-refractivity contribution in [1.82, 2.24) is 4.98 Å². The number of hydrogen-bond acceptors (Lipinski definition) is 1. The van der Waals surface area contributed by atoms with Crippen LogP contribution in [0.3, 0.4) is 0 Å². The second-order valence-corrected chi connectivity index (χ2v) is 5.34. The lowest BCUT2D eigenvalue weighted by Gasteiger charge is -2.14. The molecule has 4 aromatic rings. The van der Waals surface area contributed by atoms with Crippen LogP contribution in [0.2, 0.25) is 0 Å². The molecule has 0 spiro atoms. The quantitative estimate of drug-likeness (QED) is 0.559. The van der Waals surface area contributed by atoms with E-state index in [2.05, 4.69) is 65.6 Å². The van der Waals surface area contributed by atoms with Crippen LogP contribution in [0.15, 0.2) is 72.9 Å². The van der Waals surface area contributed by atoms with Crippen molar-refractivity contribution in [3.8, 4) is 0 Å². The molecule has 0 saturated carbocycles. The molecule has 0 aliphatic carbocycles. The van der Waals surface area contributed by atoms with Crippen LogP contribution in [0.4, 0.5) is 0 Å². The maximum Gasteiger partial charge on any atom is 0.0578 e. The molecule has 3 aromatic carbocycles. The van der Waals surface area contributed by atoms with Gasteiger partial charge in [0, 0.05) is 17.1 Å². The minimum Gasteiger partial charge on any atom is -0.361 e. The molecule has 0 amide bonds. The van der Waals surface area contributed by atoms with Crippen LogP contribution in [0.25, 0.3) is 21.7 Å². The number of aromatic nitrogens is 1. The molecule has 2 nitrogen and oxygen atoms in total. The number of hydrogen-bond donors (Lipinski definition) is 2. The maximum atomic E-state index is 6.57. The molecule has 0 saturated heterocycles. The predicted octanol–water partition coefficient (Wildman–Crippen LogP) is 4.37. The Bertz CT molecular complexity index is 916. The molecular weight excluding hydrogens is 256 g/mol. The Kier molecular flexibility index (Phi) is 2.76. The first-order valence-electron chi connectivity index (χ1n) is 7.14. The highest BCUT2D eigenvalue weighted by atomic mass is 14.7. The summed E-state index contributed by atoms with van der Waals surface area (Å²) in [5.74, 6) is 0. The summed E-state index contributed by atoms with van der Waals surface area (Å²) in [5.41, 5.74) is 10.0. The number of nitrogens with two attached hydrogens (primary N) is 1. The van der Waals surface area contributed by atoms with E-state index in [-0.39, 0.29) is 6.04 Å². The molecular formula is C19H16N2. The second-order valence-electron chi connectivity index (χ2n) is 5.34. The van der Waals surface area contributed by atoms with Gasteiger partial charge in [0.15, 0.2) is 0 Å². The fourth-order valence-electron chi connectivity index (χ4n) is 3.04. The highest BCUT2D eigenvalue weighted by Gasteiger charge is 2.15. The van der Waals surface area contributed by atoms with E-state index in [0.717, 1.165) is 16.6 Å². The average Bonchev–Trinajstić information content (AvgIpc) is 2.98. The Morgan fingerprint density at radius 2 is 1.43 bits per heavy atom. The topological polar surface area (TPSA) is 41.8 Å². The zero-order chi connectivity index (χ0) is 14.2. The lowest BCUT2D eigenvalue weighted by molar-refractivity contribution is 0.889. The number of nitrogens with one attached hydrogen (secondary N) is 1. The molecule has 1 heterocycles. The van der Waals surface area contributed by atoms with Gasteiger partial charge in [-0.15, -0.1) is 0 Å². The molecule has 1 aromatic heterocycles.